The van der Waals surface area contributed by atoms with Gasteiger partial charge in [-0.1, -0.05) is 12.8 Å². The molecule has 2 fully saturated rings. The molecular weight excluding hydrogens is 188 g/mol. The Balaban J connectivity index is 1.47. The van der Waals surface area contributed by atoms with Crippen molar-refractivity contribution in [2.45, 2.75) is 50.7 Å². The molecule has 2 rings (SSSR count). The van der Waals surface area contributed by atoms with Crippen molar-refractivity contribution < 1.29 is 4.74 Å². The van der Waals surface area contributed by atoms with E-state index in [1.807, 2.05) is 0 Å². The zero-order valence-corrected chi connectivity index (χ0v) is 9.63. The number of hydrogen-bond acceptors (Lipinski definition) is 3. The number of piperidine rings is 1. The highest BCUT2D eigenvalue weighted by molar-refractivity contribution is 4.73. The van der Waals surface area contributed by atoms with Crippen molar-refractivity contribution >= 4 is 0 Å². The van der Waals surface area contributed by atoms with E-state index in [0.29, 0.717) is 6.10 Å². The maximum absolute atomic E-state index is 5.84. The molecule has 1 saturated carbocycles. The summed E-state index contributed by atoms with van der Waals surface area (Å²) in [5.41, 5.74) is 0. The van der Waals surface area contributed by atoms with Crippen LogP contribution in [0.4, 0.5) is 0 Å². The maximum Gasteiger partial charge on any atom is 0.0600 e. The Morgan fingerprint density at radius 2 is 1.80 bits per heavy atom. The van der Waals surface area contributed by atoms with Crippen LogP contribution in [0.5, 0.6) is 0 Å². The normalized spacial score (nSPS) is 24.8. The molecule has 0 atom stereocenters. The van der Waals surface area contributed by atoms with Gasteiger partial charge in [-0.15, -0.1) is 0 Å². The van der Waals surface area contributed by atoms with E-state index in [9.17, 15) is 0 Å². The Bertz CT molecular complexity index is 163. The van der Waals surface area contributed by atoms with Gasteiger partial charge >= 0.3 is 0 Å². The van der Waals surface area contributed by atoms with Crippen LogP contribution >= 0.6 is 0 Å². The zero-order chi connectivity index (χ0) is 10.3. The maximum atomic E-state index is 5.84. The van der Waals surface area contributed by atoms with Crippen LogP contribution in [0, 0.1) is 0 Å². The first-order valence-electron chi connectivity index (χ1n) is 6.51. The number of rotatable bonds is 5. The van der Waals surface area contributed by atoms with Gasteiger partial charge in [0.15, 0.2) is 0 Å². The van der Waals surface area contributed by atoms with E-state index in [1.165, 1.54) is 38.5 Å². The van der Waals surface area contributed by atoms with E-state index >= 15 is 0 Å². The topological polar surface area (TPSA) is 33.3 Å². The van der Waals surface area contributed by atoms with Gasteiger partial charge in [-0.05, 0) is 38.8 Å². The van der Waals surface area contributed by atoms with Crippen LogP contribution in [-0.4, -0.2) is 38.4 Å². The van der Waals surface area contributed by atoms with Crippen molar-refractivity contribution in [3.63, 3.8) is 0 Å². The smallest absolute Gasteiger partial charge is 0.0600 e. The second-order valence-corrected chi connectivity index (χ2v) is 4.76. The molecule has 15 heavy (non-hydrogen) atoms. The van der Waals surface area contributed by atoms with Crippen LogP contribution in [-0.2, 0) is 4.74 Å². The number of nitrogens with one attached hydrogen (secondary N) is 2. The minimum atomic E-state index is 0.511. The molecule has 2 N–H and O–H groups in total. The van der Waals surface area contributed by atoms with Crippen molar-refractivity contribution in [2.75, 3.05) is 26.2 Å². The molecule has 0 aromatic carbocycles. The molecule has 1 aliphatic carbocycles. The molecule has 0 aromatic heterocycles. The van der Waals surface area contributed by atoms with E-state index in [1.54, 1.807) is 0 Å². The predicted octanol–water partition coefficient (Wildman–Crippen LogP) is 1.29. The average Bonchev–Trinajstić information content (AvgIpc) is 2.79. The largest absolute Gasteiger partial charge is 0.377 e. The lowest BCUT2D eigenvalue weighted by molar-refractivity contribution is 0.0339. The fourth-order valence-electron chi connectivity index (χ4n) is 2.58. The molecule has 2 aliphatic rings. The first-order valence-corrected chi connectivity index (χ1v) is 6.51. The van der Waals surface area contributed by atoms with Crippen molar-refractivity contribution in [1.82, 2.24) is 10.6 Å². The van der Waals surface area contributed by atoms with Gasteiger partial charge in [-0.3, -0.25) is 0 Å². The summed E-state index contributed by atoms with van der Waals surface area (Å²) in [6.45, 7) is 4.18. The van der Waals surface area contributed by atoms with Crippen LogP contribution in [0.15, 0.2) is 0 Å². The highest BCUT2D eigenvalue weighted by atomic mass is 16.5. The van der Waals surface area contributed by atoms with Gasteiger partial charge in [0.1, 0.15) is 0 Å². The van der Waals surface area contributed by atoms with E-state index in [2.05, 4.69) is 10.6 Å². The molecule has 1 heterocycles. The quantitative estimate of drug-likeness (QED) is 0.674. The molecular formula is C12H24N2O. The monoisotopic (exact) mass is 212 g/mol. The van der Waals surface area contributed by atoms with Crippen molar-refractivity contribution in [3.05, 3.63) is 0 Å². The second-order valence-electron chi connectivity index (χ2n) is 4.76. The van der Waals surface area contributed by atoms with E-state index < -0.39 is 0 Å². The SMILES string of the molecule is C1CCC(NCCOC2CCNCC2)C1. The summed E-state index contributed by atoms with van der Waals surface area (Å²) >= 11 is 0. The van der Waals surface area contributed by atoms with Gasteiger partial charge in [-0.2, -0.15) is 0 Å². The van der Waals surface area contributed by atoms with Gasteiger partial charge in [0.2, 0.25) is 0 Å². The Morgan fingerprint density at radius 1 is 1.07 bits per heavy atom. The summed E-state index contributed by atoms with van der Waals surface area (Å²) < 4.78 is 5.84. The molecule has 3 heteroatoms. The summed E-state index contributed by atoms with van der Waals surface area (Å²) in [5, 5.41) is 6.93. The number of ether oxygens (including phenoxy) is 1. The fourth-order valence-corrected chi connectivity index (χ4v) is 2.58. The van der Waals surface area contributed by atoms with Gasteiger partial charge in [0.05, 0.1) is 12.7 Å². The Labute approximate surface area is 93.0 Å². The molecule has 0 spiro atoms. The third-order valence-corrected chi connectivity index (χ3v) is 3.53. The Hall–Kier alpha value is -0.120. The van der Waals surface area contributed by atoms with E-state index in [-0.39, 0.29) is 0 Å². The molecule has 1 aliphatic heterocycles. The van der Waals surface area contributed by atoms with Crippen molar-refractivity contribution in [3.8, 4) is 0 Å². The minimum Gasteiger partial charge on any atom is -0.377 e. The van der Waals surface area contributed by atoms with Crippen molar-refractivity contribution in [2.24, 2.45) is 0 Å². The Morgan fingerprint density at radius 3 is 2.53 bits per heavy atom. The molecule has 0 radical (unpaired) electrons. The standard InChI is InChI=1S/C12H24N2O/c1-2-4-11(3-1)14-9-10-15-12-5-7-13-8-6-12/h11-14H,1-10H2. The lowest BCUT2D eigenvalue weighted by Gasteiger charge is -2.23. The molecule has 1 saturated heterocycles. The van der Waals surface area contributed by atoms with E-state index in [4.69, 9.17) is 4.74 Å². The second kappa shape index (κ2) is 6.46. The average molecular weight is 212 g/mol. The molecule has 88 valence electrons. The van der Waals surface area contributed by atoms with Crippen LogP contribution in [0.25, 0.3) is 0 Å². The third-order valence-electron chi connectivity index (χ3n) is 3.53. The number of hydrogen-bond donors (Lipinski definition) is 2. The summed E-state index contributed by atoms with van der Waals surface area (Å²) in [7, 11) is 0. The summed E-state index contributed by atoms with van der Waals surface area (Å²) in [5.74, 6) is 0. The van der Waals surface area contributed by atoms with Crippen LogP contribution < -0.4 is 10.6 Å². The highest BCUT2D eigenvalue weighted by Gasteiger charge is 2.15. The lowest BCUT2D eigenvalue weighted by atomic mass is 10.1. The third kappa shape index (κ3) is 4.09. The molecule has 3 nitrogen and oxygen atoms in total. The van der Waals surface area contributed by atoms with Gasteiger partial charge in [-0.25, -0.2) is 0 Å². The molecule has 0 amide bonds. The van der Waals surface area contributed by atoms with E-state index in [0.717, 1.165) is 32.3 Å². The van der Waals surface area contributed by atoms with Crippen LogP contribution in [0.3, 0.4) is 0 Å². The van der Waals surface area contributed by atoms with Gasteiger partial charge in [0, 0.05) is 12.6 Å². The lowest BCUT2D eigenvalue weighted by Crippen LogP contribution is -2.35. The minimum absolute atomic E-state index is 0.511. The summed E-state index contributed by atoms with van der Waals surface area (Å²) in [6.07, 6.45) is 8.43. The first-order chi connectivity index (χ1) is 7.45. The summed E-state index contributed by atoms with van der Waals surface area (Å²) in [4.78, 5) is 0. The fraction of sp³-hybridized carbons (Fsp3) is 1.00. The summed E-state index contributed by atoms with van der Waals surface area (Å²) in [6, 6.07) is 0.779. The van der Waals surface area contributed by atoms with Gasteiger partial charge < -0.3 is 15.4 Å². The molecule has 0 unspecified atom stereocenters. The predicted molar refractivity (Wildman–Crippen MR) is 62.1 cm³/mol. The molecule has 0 bridgehead atoms. The van der Waals surface area contributed by atoms with Crippen molar-refractivity contribution in [1.29, 1.82) is 0 Å². The van der Waals surface area contributed by atoms with Crippen LogP contribution in [0.1, 0.15) is 38.5 Å². The first kappa shape index (κ1) is 11.4. The highest BCUT2D eigenvalue weighted by Crippen LogP contribution is 2.17. The van der Waals surface area contributed by atoms with Gasteiger partial charge in [0.25, 0.3) is 0 Å². The molecule has 0 aromatic rings. The Kier molecular flexibility index (Phi) is 4.90. The van der Waals surface area contributed by atoms with Crippen LogP contribution in [0.2, 0.25) is 0 Å². The zero-order valence-electron chi connectivity index (χ0n) is 9.63.